The predicted octanol–water partition coefficient (Wildman–Crippen LogP) is 4.96. The molecule has 1 atom stereocenters. The summed E-state index contributed by atoms with van der Waals surface area (Å²) in [6.45, 7) is 7.25. The summed E-state index contributed by atoms with van der Waals surface area (Å²) in [4.78, 5) is 45.9. The summed E-state index contributed by atoms with van der Waals surface area (Å²) in [6.07, 6.45) is 1.48. The Balaban J connectivity index is 1.71. The van der Waals surface area contributed by atoms with E-state index in [1.54, 1.807) is 31.2 Å². The van der Waals surface area contributed by atoms with Crippen LogP contribution in [0.3, 0.4) is 0 Å². The molecule has 1 aliphatic heterocycles. The second-order valence-electron chi connectivity index (χ2n) is 7.96. The molecule has 0 unspecified atom stereocenters. The molecule has 7 nitrogen and oxygen atoms in total. The van der Waals surface area contributed by atoms with Gasteiger partial charge in [-0.05, 0) is 31.5 Å². The first kappa shape index (κ1) is 21.8. The standard InChI is InChI=1S/C26H20N2O5S/c1-4-13-32-25(31)23-15(3)27-26(34-23)28-20(16-11-9-14(2)10-12-16)19-21(29)17-7-5-6-8-18(17)33-22(19)24(28)30/h4-12,20H,1,13H2,2-3H3/t20-/m0/s1. The van der Waals surface area contributed by atoms with E-state index in [1.165, 1.54) is 11.0 Å². The van der Waals surface area contributed by atoms with Crippen LogP contribution >= 0.6 is 11.3 Å². The van der Waals surface area contributed by atoms with E-state index in [4.69, 9.17) is 9.15 Å². The van der Waals surface area contributed by atoms with Crippen LogP contribution in [0.4, 0.5) is 5.13 Å². The number of fused-ring (bicyclic) bond motifs is 2. The van der Waals surface area contributed by atoms with E-state index in [2.05, 4.69) is 11.6 Å². The summed E-state index contributed by atoms with van der Waals surface area (Å²) < 4.78 is 11.1. The van der Waals surface area contributed by atoms with Crippen molar-refractivity contribution in [1.82, 2.24) is 4.98 Å². The van der Waals surface area contributed by atoms with E-state index >= 15 is 0 Å². The Bertz CT molecular complexity index is 1520. The maximum Gasteiger partial charge on any atom is 0.350 e. The first-order valence-corrected chi connectivity index (χ1v) is 11.4. The van der Waals surface area contributed by atoms with E-state index in [-0.39, 0.29) is 33.4 Å². The number of amides is 1. The molecule has 5 rings (SSSR count). The largest absolute Gasteiger partial charge is 0.457 e. The van der Waals surface area contributed by atoms with Crippen molar-refractivity contribution < 1.29 is 18.7 Å². The zero-order valence-electron chi connectivity index (χ0n) is 18.5. The van der Waals surface area contributed by atoms with Crippen molar-refractivity contribution in [2.24, 2.45) is 0 Å². The Kier molecular flexibility index (Phi) is 5.37. The van der Waals surface area contributed by atoms with Crippen LogP contribution < -0.4 is 10.3 Å². The van der Waals surface area contributed by atoms with Crippen LogP contribution in [0.15, 0.2) is 70.4 Å². The van der Waals surface area contributed by atoms with Gasteiger partial charge in [-0.15, -0.1) is 0 Å². The number of hydrogen-bond donors (Lipinski definition) is 0. The maximum atomic E-state index is 13.6. The highest BCUT2D eigenvalue weighted by atomic mass is 32.1. The number of ether oxygens (including phenoxy) is 1. The SMILES string of the molecule is C=CCOC(=O)c1sc(N2C(=O)c3oc4ccccc4c(=O)c3[C@@H]2c2ccc(C)cc2)nc1C. The molecule has 0 N–H and O–H groups in total. The van der Waals surface area contributed by atoms with Crippen LogP contribution in [0, 0.1) is 13.8 Å². The first-order chi connectivity index (χ1) is 16.4. The monoisotopic (exact) mass is 472 g/mol. The number of nitrogens with zero attached hydrogens (tertiary/aromatic N) is 2. The van der Waals surface area contributed by atoms with Gasteiger partial charge in [-0.3, -0.25) is 14.5 Å². The molecule has 0 radical (unpaired) electrons. The highest BCUT2D eigenvalue weighted by Gasteiger charge is 2.45. The first-order valence-electron chi connectivity index (χ1n) is 10.6. The average Bonchev–Trinajstić information content (AvgIpc) is 3.36. The lowest BCUT2D eigenvalue weighted by Crippen LogP contribution is -2.29. The number of carbonyl (C=O) groups is 2. The number of esters is 1. The van der Waals surface area contributed by atoms with Crippen LogP contribution in [0.25, 0.3) is 11.0 Å². The Labute approximate surface area is 198 Å². The lowest BCUT2D eigenvalue weighted by atomic mass is 9.98. The third-order valence-corrected chi connectivity index (χ3v) is 6.82. The Hall–Kier alpha value is -4.04. The number of carbonyl (C=O) groups excluding carboxylic acids is 2. The number of aromatic nitrogens is 1. The molecule has 0 bridgehead atoms. The third-order valence-electron chi connectivity index (χ3n) is 5.68. The number of thiazole rings is 1. The van der Waals surface area contributed by atoms with Gasteiger partial charge in [-0.25, -0.2) is 9.78 Å². The fourth-order valence-electron chi connectivity index (χ4n) is 4.06. The fraction of sp³-hybridized carbons (Fsp3) is 0.154. The molecule has 1 aliphatic rings. The molecule has 0 saturated carbocycles. The minimum absolute atomic E-state index is 0.0158. The Morgan fingerprint density at radius 3 is 2.65 bits per heavy atom. The van der Waals surface area contributed by atoms with Crippen LogP contribution in [-0.4, -0.2) is 23.5 Å². The van der Waals surface area contributed by atoms with Crippen molar-refractivity contribution >= 4 is 39.3 Å². The fourth-order valence-corrected chi connectivity index (χ4v) is 5.04. The molecule has 0 fully saturated rings. The Morgan fingerprint density at radius 2 is 1.91 bits per heavy atom. The molecule has 2 aromatic carbocycles. The summed E-state index contributed by atoms with van der Waals surface area (Å²) in [5, 5.41) is 0.686. The van der Waals surface area contributed by atoms with Crippen LogP contribution in [0.1, 0.15) is 48.7 Å². The van der Waals surface area contributed by atoms with Gasteiger partial charge in [0.1, 0.15) is 17.1 Å². The van der Waals surface area contributed by atoms with Gasteiger partial charge in [0.05, 0.1) is 22.7 Å². The maximum absolute atomic E-state index is 13.6. The normalized spacial score (nSPS) is 14.9. The van der Waals surface area contributed by atoms with Crippen molar-refractivity contribution in [3.63, 3.8) is 0 Å². The molecule has 0 aliphatic carbocycles. The average molecular weight is 473 g/mol. The molecule has 8 heteroatoms. The molecule has 0 saturated heterocycles. The third kappa shape index (κ3) is 3.43. The van der Waals surface area contributed by atoms with E-state index in [9.17, 15) is 14.4 Å². The number of aryl methyl sites for hydroxylation is 2. The van der Waals surface area contributed by atoms with E-state index in [0.29, 0.717) is 16.7 Å². The summed E-state index contributed by atoms with van der Waals surface area (Å²) in [7, 11) is 0. The van der Waals surface area contributed by atoms with Gasteiger partial charge >= 0.3 is 5.97 Å². The number of para-hydroxylation sites is 1. The van der Waals surface area contributed by atoms with E-state index in [1.807, 2.05) is 31.2 Å². The molecule has 4 aromatic rings. The van der Waals surface area contributed by atoms with Gasteiger partial charge in [0, 0.05) is 0 Å². The lowest BCUT2D eigenvalue weighted by Gasteiger charge is -2.22. The van der Waals surface area contributed by atoms with Gasteiger partial charge in [-0.1, -0.05) is 66.0 Å². The molecular formula is C26H20N2O5S. The van der Waals surface area contributed by atoms with Crippen molar-refractivity contribution in [2.75, 3.05) is 11.5 Å². The molecule has 34 heavy (non-hydrogen) atoms. The predicted molar refractivity (Wildman–Crippen MR) is 130 cm³/mol. The van der Waals surface area contributed by atoms with Crippen molar-refractivity contribution in [3.8, 4) is 0 Å². The molecule has 1 amide bonds. The van der Waals surface area contributed by atoms with Gasteiger partial charge in [0.25, 0.3) is 5.91 Å². The molecular weight excluding hydrogens is 452 g/mol. The van der Waals surface area contributed by atoms with E-state index in [0.717, 1.165) is 22.5 Å². The quantitative estimate of drug-likeness (QED) is 0.301. The summed E-state index contributed by atoms with van der Waals surface area (Å²) in [5.74, 6) is -1.04. The zero-order chi connectivity index (χ0) is 24.0. The summed E-state index contributed by atoms with van der Waals surface area (Å²) in [5.41, 5.74) is 2.55. The molecule has 0 spiro atoms. The lowest BCUT2D eigenvalue weighted by molar-refractivity contribution is 0.0554. The zero-order valence-corrected chi connectivity index (χ0v) is 19.3. The number of benzene rings is 2. The summed E-state index contributed by atoms with van der Waals surface area (Å²) in [6, 6.07) is 13.7. The summed E-state index contributed by atoms with van der Waals surface area (Å²) >= 11 is 1.04. The topological polar surface area (TPSA) is 89.7 Å². The van der Waals surface area contributed by atoms with Crippen LogP contribution in [0.2, 0.25) is 0 Å². The molecule has 3 heterocycles. The van der Waals surface area contributed by atoms with Gasteiger partial charge < -0.3 is 9.15 Å². The van der Waals surface area contributed by atoms with Crippen molar-refractivity contribution in [3.05, 3.63) is 104 Å². The minimum Gasteiger partial charge on any atom is -0.457 e. The smallest absolute Gasteiger partial charge is 0.350 e. The highest BCUT2D eigenvalue weighted by molar-refractivity contribution is 7.17. The Morgan fingerprint density at radius 1 is 1.18 bits per heavy atom. The molecule has 170 valence electrons. The number of anilines is 1. The van der Waals surface area contributed by atoms with Gasteiger partial charge in [0.15, 0.2) is 10.6 Å². The number of hydrogen-bond acceptors (Lipinski definition) is 7. The minimum atomic E-state index is -0.744. The highest BCUT2D eigenvalue weighted by Crippen LogP contribution is 2.43. The van der Waals surface area contributed by atoms with Crippen molar-refractivity contribution in [2.45, 2.75) is 19.9 Å². The second-order valence-corrected chi connectivity index (χ2v) is 8.93. The molecule has 2 aromatic heterocycles. The van der Waals surface area contributed by atoms with Crippen LogP contribution in [-0.2, 0) is 4.74 Å². The van der Waals surface area contributed by atoms with Crippen molar-refractivity contribution in [1.29, 1.82) is 0 Å². The van der Waals surface area contributed by atoms with Gasteiger partial charge in [-0.2, -0.15) is 0 Å². The second kappa shape index (κ2) is 8.39. The van der Waals surface area contributed by atoms with Gasteiger partial charge in [0.2, 0.25) is 5.76 Å². The van der Waals surface area contributed by atoms with Crippen LogP contribution in [0.5, 0.6) is 0 Å². The van der Waals surface area contributed by atoms with E-state index < -0.39 is 17.9 Å². The number of rotatable bonds is 5.